The number of aromatic nitrogens is 2. The van der Waals surface area contributed by atoms with Crippen molar-refractivity contribution in [2.45, 2.75) is 20.8 Å². The van der Waals surface area contributed by atoms with E-state index in [2.05, 4.69) is 16.2 Å². The second-order valence-corrected chi connectivity index (χ2v) is 1.23. The molecule has 0 atom stereocenters. The molecule has 0 bridgehead atoms. The Bertz CT molecular complexity index is 142. The minimum atomic E-state index is 0. The molecular formula is C7H11HoN2-. The van der Waals surface area contributed by atoms with Crippen molar-refractivity contribution < 1.29 is 37.7 Å². The summed E-state index contributed by atoms with van der Waals surface area (Å²) in [5.41, 5.74) is 0. The Labute approximate surface area is 92.1 Å². The van der Waals surface area contributed by atoms with Crippen LogP contribution >= 0.6 is 0 Å². The zero-order valence-corrected chi connectivity index (χ0v) is 8.29. The van der Waals surface area contributed by atoms with Crippen LogP contribution in [-0.4, -0.2) is 9.97 Å². The second kappa shape index (κ2) is 9.34. The summed E-state index contributed by atoms with van der Waals surface area (Å²) in [6.45, 7) is 5.83. The zero-order valence-electron chi connectivity index (χ0n) is 6.35. The first-order valence-electron chi connectivity index (χ1n) is 3.05. The molecule has 0 spiro atoms. The van der Waals surface area contributed by atoms with E-state index in [-0.39, 0.29) is 37.7 Å². The van der Waals surface area contributed by atoms with Crippen LogP contribution in [0.3, 0.4) is 0 Å². The molecule has 1 aromatic heterocycles. The van der Waals surface area contributed by atoms with Crippen LogP contribution in [0, 0.1) is 50.9 Å². The molecule has 1 heterocycles. The Kier molecular flexibility index (Phi) is 12.1. The zero-order chi connectivity index (χ0) is 7.11. The Morgan fingerprint density at radius 2 is 2.00 bits per heavy atom. The standard InChI is InChI=1S/C5H5N2.C2H6.Ho/c1-5-6-3-2-4-7-5;1-2;/h2-3H,1H3;1-2H3;/q-1;;. The SMILES string of the molecule is CC.Cc1n[c-]ccn1.[Ho]. The monoisotopic (exact) mass is 288 g/mol. The summed E-state index contributed by atoms with van der Waals surface area (Å²) in [7, 11) is 0. The van der Waals surface area contributed by atoms with Gasteiger partial charge in [0, 0.05) is 43.6 Å². The molecular weight excluding hydrogens is 277 g/mol. The Morgan fingerprint density at radius 3 is 2.20 bits per heavy atom. The van der Waals surface area contributed by atoms with Gasteiger partial charge in [-0.3, -0.25) is 0 Å². The first-order valence-corrected chi connectivity index (χ1v) is 3.05. The van der Waals surface area contributed by atoms with Crippen molar-refractivity contribution in [3.8, 4) is 0 Å². The van der Waals surface area contributed by atoms with Gasteiger partial charge >= 0.3 is 0 Å². The Morgan fingerprint density at radius 1 is 1.40 bits per heavy atom. The molecule has 3 heteroatoms. The van der Waals surface area contributed by atoms with Crippen LogP contribution < -0.4 is 0 Å². The number of aryl methyl sites for hydroxylation is 1. The van der Waals surface area contributed by atoms with Crippen LogP contribution in [0.15, 0.2) is 12.3 Å². The minimum Gasteiger partial charge on any atom is -0.373 e. The topological polar surface area (TPSA) is 25.8 Å². The van der Waals surface area contributed by atoms with Gasteiger partial charge in [-0.1, -0.05) is 33.2 Å². The van der Waals surface area contributed by atoms with E-state index >= 15 is 0 Å². The predicted molar refractivity (Wildman–Crippen MR) is 37.0 cm³/mol. The predicted octanol–water partition coefficient (Wildman–Crippen LogP) is 1.61. The molecule has 0 fully saturated rings. The smallest absolute Gasteiger partial charge is 0.0104 e. The van der Waals surface area contributed by atoms with Crippen molar-refractivity contribution in [2.75, 3.05) is 0 Å². The molecule has 0 amide bonds. The van der Waals surface area contributed by atoms with Crippen molar-refractivity contribution in [1.29, 1.82) is 0 Å². The van der Waals surface area contributed by atoms with Gasteiger partial charge in [-0.25, -0.2) is 0 Å². The summed E-state index contributed by atoms with van der Waals surface area (Å²) in [5.74, 6) is 0.766. The van der Waals surface area contributed by atoms with Gasteiger partial charge < -0.3 is 9.97 Å². The number of rotatable bonds is 0. The summed E-state index contributed by atoms with van der Waals surface area (Å²) in [6.07, 6.45) is 4.32. The maximum Gasteiger partial charge on any atom is 0.0104 e. The van der Waals surface area contributed by atoms with Gasteiger partial charge in [0.05, 0.1) is 0 Å². The minimum absolute atomic E-state index is 0. The van der Waals surface area contributed by atoms with Gasteiger partial charge in [0.1, 0.15) is 0 Å². The first kappa shape index (κ1) is 13.0. The normalized spacial score (nSPS) is 6.70. The number of nitrogens with zero attached hydrogens (tertiary/aromatic N) is 2. The van der Waals surface area contributed by atoms with E-state index in [1.807, 2.05) is 20.8 Å². The van der Waals surface area contributed by atoms with Crippen LogP contribution in [0.4, 0.5) is 0 Å². The number of hydrogen-bond acceptors (Lipinski definition) is 2. The fourth-order valence-corrected chi connectivity index (χ4v) is 0.338. The van der Waals surface area contributed by atoms with Crippen LogP contribution in [0.25, 0.3) is 0 Å². The van der Waals surface area contributed by atoms with E-state index in [4.69, 9.17) is 0 Å². The molecule has 0 saturated heterocycles. The average molecular weight is 288 g/mol. The molecule has 0 N–H and O–H groups in total. The summed E-state index contributed by atoms with van der Waals surface area (Å²) in [6, 6.07) is 1.67. The second-order valence-electron chi connectivity index (χ2n) is 1.23. The molecule has 1 radical (unpaired) electrons. The third kappa shape index (κ3) is 6.46. The van der Waals surface area contributed by atoms with E-state index in [0.29, 0.717) is 0 Å². The molecule has 0 aliphatic rings. The molecule has 2 nitrogen and oxygen atoms in total. The van der Waals surface area contributed by atoms with Crippen molar-refractivity contribution in [1.82, 2.24) is 9.97 Å². The molecule has 61 valence electrons. The largest absolute Gasteiger partial charge is 0.373 e. The molecule has 0 unspecified atom stereocenters. The number of hydrogen-bond donors (Lipinski definition) is 0. The molecule has 1 rings (SSSR count). The maximum atomic E-state index is 3.84. The van der Waals surface area contributed by atoms with Gasteiger partial charge in [0.25, 0.3) is 0 Å². The van der Waals surface area contributed by atoms with E-state index in [1.54, 1.807) is 12.3 Å². The summed E-state index contributed by atoms with van der Waals surface area (Å²) in [5, 5.41) is 0. The molecule has 0 saturated carbocycles. The van der Waals surface area contributed by atoms with E-state index < -0.39 is 0 Å². The van der Waals surface area contributed by atoms with Crippen LogP contribution in [-0.2, 0) is 0 Å². The third-order valence-corrected chi connectivity index (χ3v) is 0.637. The van der Waals surface area contributed by atoms with Crippen molar-refractivity contribution >= 4 is 0 Å². The van der Waals surface area contributed by atoms with Crippen LogP contribution in [0.5, 0.6) is 0 Å². The molecule has 10 heavy (non-hydrogen) atoms. The van der Waals surface area contributed by atoms with Gasteiger partial charge in [-0.2, -0.15) is 0 Å². The van der Waals surface area contributed by atoms with Gasteiger partial charge in [-0.05, 0) is 0 Å². The molecule has 0 aliphatic heterocycles. The van der Waals surface area contributed by atoms with Gasteiger partial charge in [0.2, 0.25) is 0 Å². The third-order valence-electron chi connectivity index (χ3n) is 0.637. The summed E-state index contributed by atoms with van der Waals surface area (Å²) < 4.78 is 0. The fourth-order valence-electron chi connectivity index (χ4n) is 0.338. The van der Waals surface area contributed by atoms with E-state index in [1.165, 1.54) is 0 Å². The maximum absolute atomic E-state index is 3.84. The van der Waals surface area contributed by atoms with Crippen molar-refractivity contribution in [2.24, 2.45) is 0 Å². The summed E-state index contributed by atoms with van der Waals surface area (Å²) in [4.78, 5) is 7.58. The van der Waals surface area contributed by atoms with Crippen LogP contribution in [0.1, 0.15) is 19.7 Å². The van der Waals surface area contributed by atoms with Gasteiger partial charge in [-0.15, -0.1) is 6.07 Å². The molecule has 1 aromatic rings. The van der Waals surface area contributed by atoms with Crippen molar-refractivity contribution in [3.05, 3.63) is 24.3 Å². The molecule has 0 aliphatic carbocycles. The summed E-state index contributed by atoms with van der Waals surface area (Å²) >= 11 is 0. The Balaban J connectivity index is 0. The fraction of sp³-hybridized carbons (Fsp3) is 0.429. The quantitative estimate of drug-likeness (QED) is 0.535. The van der Waals surface area contributed by atoms with Crippen LogP contribution in [0.2, 0.25) is 0 Å². The van der Waals surface area contributed by atoms with Gasteiger partial charge in [0.15, 0.2) is 0 Å². The molecule has 0 aromatic carbocycles. The van der Waals surface area contributed by atoms with E-state index in [9.17, 15) is 0 Å². The first-order chi connectivity index (χ1) is 4.39. The average Bonchev–Trinajstić information content (AvgIpc) is 1.94. The van der Waals surface area contributed by atoms with Crippen molar-refractivity contribution in [3.63, 3.8) is 0 Å². The Hall–Kier alpha value is 0.340. The van der Waals surface area contributed by atoms with E-state index in [0.717, 1.165) is 5.82 Å².